The summed E-state index contributed by atoms with van der Waals surface area (Å²) in [6.45, 7) is 10.0. The molecule has 0 amide bonds. The molecule has 0 saturated carbocycles. The molecule has 2 aromatic carbocycles. The zero-order chi connectivity index (χ0) is 20.1. The van der Waals surface area contributed by atoms with Crippen LogP contribution in [-0.4, -0.2) is 49.2 Å². The molecule has 3 aromatic rings. The van der Waals surface area contributed by atoms with Crippen molar-refractivity contribution in [3.63, 3.8) is 0 Å². The molecule has 5 nitrogen and oxygen atoms in total. The van der Waals surface area contributed by atoms with E-state index in [1.807, 2.05) is 6.07 Å². The zero-order valence-corrected chi connectivity index (χ0v) is 17.3. The van der Waals surface area contributed by atoms with Crippen LogP contribution in [-0.2, 0) is 0 Å². The Balaban J connectivity index is 1.60. The monoisotopic (exact) mass is 387 g/mol. The smallest absolute Gasteiger partial charge is 0.227 e. The summed E-state index contributed by atoms with van der Waals surface area (Å²) >= 11 is 0. The van der Waals surface area contributed by atoms with Crippen LogP contribution in [0.2, 0.25) is 0 Å². The van der Waals surface area contributed by atoms with Gasteiger partial charge >= 0.3 is 0 Å². The van der Waals surface area contributed by atoms with Crippen LogP contribution in [0.3, 0.4) is 0 Å². The molecule has 1 fully saturated rings. The highest BCUT2D eigenvalue weighted by molar-refractivity contribution is 5.65. The Hall–Kier alpha value is -3.08. The maximum absolute atomic E-state index is 4.94. The molecule has 2 heterocycles. The average Bonchev–Trinajstić information content (AvgIpc) is 2.81. The van der Waals surface area contributed by atoms with E-state index in [1.165, 1.54) is 5.69 Å². The number of aromatic nitrogens is 2. The minimum absolute atomic E-state index is 0.817. The fourth-order valence-electron chi connectivity index (χ4n) is 3.82. The molecule has 0 bridgehead atoms. The van der Waals surface area contributed by atoms with E-state index in [0.29, 0.717) is 0 Å². The van der Waals surface area contributed by atoms with E-state index in [0.717, 1.165) is 62.3 Å². The van der Waals surface area contributed by atoms with Crippen molar-refractivity contribution < 1.29 is 0 Å². The van der Waals surface area contributed by atoms with Gasteiger partial charge in [-0.1, -0.05) is 48.5 Å². The lowest BCUT2D eigenvalue weighted by atomic mass is 10.1. The topological polar surface area (TPSA) is 35.5 Å². The van der Waals surface area contributed by atoms with Gasteiger partial charge < -0.3 is 14.7 Å². The summed E-state index contributed by atoms with van der Waals surface area (Å²) in [7, 11) is 0. The molecule has 0 unspecified atom stereocenters. The standard InChI is InChI=1S/C24H29N5/c1-3-27(4-2)24-25-22(20-11-7-5-8-12-20)19-23(26-24)29-17-15-28(16-18-29)21-13-9-6-10-14-21/h5-14,19H,3-4,15-18H2,1-2H3. The molecule has 150 valence electrons. The molecule has 0 radical (unpaired) electrons. The largest absolute Gasteiger partial charge is 0.368 e. The molecule has 0 spiro atoms. The number of hydrogen-bond donors (Lipinski definition) is 0. The maximum Gasteiger partial charge on any atom is 0.227 e. The van der Waals surface area contributed by atoms with Gasteiger partial charge in [-0.25, -0.2) is 4.98 Å². The first kappa shape index (κ1) is 19.2. The number of piperazine rings is 1. The zero-order valence-electron chi connectivity index (χ0n) is 17.3. The van der Waals surface area contributed by atoms with Gasteiger partial charge in [0, 0.05) is 56.6 Å². The first-order valence-corrected chi connectivity index (χ1v) is 10.5. The van der Waals surface area contributed by atoms with Crippen molar-refractivity contribution in [2.24, 2.45) is 0 Å². The molecule has 1 aromatic heterocycles. The molecule has 1 saturated heterocycles. The first-order chi connectivity index (χ1) is 14.3. The van der Waals surface area contributed by atoms with Gasteiger partial charge in [0.15, 0.2) is 0 Å². The minimum Gasteiger partial charge on any atom is -0.368 e. The van der Waals surface area contributed by atoms with Crippen molar-refractivity contribution in [1.82, 2.24) is 9.97 Å². The Kier molecular flexibility index (Phi) is 5.94. The summed E-state index contributed by atoms with van der Waals surface area (Å²) in [6.07, 6.45) is 0. The van der Waals surface area contributed by atoms with E-state index in [9.17, 15) is 0 Å². The normalized spacial score (nSPS) is 14.1. The molecule has 0 aliphatic carbocycles. The van der Waals surface area contributed by atoms with Crippen LogP contribution in [0, 0.1) is 0 Å². The van der Waals surface area contributed by atoms with Gasteiger partial charge in [0.2, 0.25) is 5.95 Å². The van der Waals surface area contributed by atoms with Crippen molar-refractivity contribution in [3.05, 3.63) is 66.7 Å². The minimum atomic E-state index is 0.817. The lowest BCUT2D eigenvalue weighted by molar-refractivity contribution is 0.646. The SMILES string of the molecule is CCN(CC)c1nc(-c2ccccc2)cc(N2CCN(c3ccccc3)CC2)n1. The number of benzene rings is 2. The van der Waals surface area contributed by atoms with E-state index in [-0.39, 0.29) is 0 Å². The second-order valence-corrected chi connectivity index (χ2v) is 7.26. The fraction of sp³-hybridized carbons (Fsp3) is 0.333. The second-order valence-electron chi connectivity index (χ2n) is 7.26. The number of rotatable bonds is 6. The summed E-state index contributed by atoms with van der Waals surface area (Å²) in [6, 6.07) is 23.2. The molecule has 1 aliphatic rings. The third-order valence-corrected chi connectivity index (χ3v) is 5.54. The number of hydrogen-bond acceptors (Lipinski definition) is 5. The molecule has 0 atom stereocenters. The Morgan fingerprint density at radius 3 is 1.97 bits per heavy atom. The Morgan fingerprint density at radius 2 is 1.34 bits per heavy atom. The van der Waals surface area contributed by atoms with Gasteiger partial charge in [0.1, 0.15) is 5.82 Å². The predicted octanol–water partition coefficient (Wildman–Crippen LogP) is 4.32. The van der Waals surface area contributed by atoms with Crippen LogP contribution in [0.5, 0.6) is 0 Å². The van der Waals surface area contributed by atoms with Crippen LogP contribution in [0.1, 0.15) is 13.8 Å². The van der Waals surface area contributed by atoms with Crippen molar-refractivity contribution in [2.75, 3.05) is 54.0 Å². The molecular weight excluding hydrogens is 358 g/mol. The molecule has 0 N–H and O–H groups in total. The van der Waals surface area contributed by atoms with Gasteiger partial charge in [-0.2, -0.15) is 4.98 Å². The third kappa shape index (κ3) is 4.34. The second kappa shape index (κ2) is 8.95. The Labute approximate surface area is 173 Å². The van der Waals surface area contributed by atoms with Crippen molar-refractivity contribution in [1.29, 1.82) is 0 Å². The van der Waals surface area contributed by atoms with Crippen molar-refractivity contribution in [2.45, 2.75) is 13.8 Å². The highest BCUT2D eigenvalue weighted by Crippen LogP contribution is 2.26. The van der Waals surface area contributed by atoms with Gasteiger partial charge in [-0.3, -0.25) is 0 Å². The van der Waals surface area contributed by atoms with E-state index in [1.54, 1.807) is 0 Å². The quantitative estimate of drug-likeness (QED) is 0.630. The summed E-state index contributed by atoms with van der Waals surface area (Å²) in [5.41, 5.74) is 3.42. The van der Waals surface area contributed by atoms with Crippen LogP contribution in [0.25, 0.3) is 11.3 Å². The lowest BCUT2D eigenvalue weighted by Crippen LogP contribution is -2.47. The predicted molar refractivity (Wildman–Crippen MR) is 122 cm³/mol. The highest BCUT2D eigenvalue weighted by Gasteiger charge is 2.20. The summed E-state index contributed by atoms with van der Waals surface area (Å²) < 4.78 is 0. The molecule has 1 aliphatic heterocycles. The summed E-state index contributed by atoms with van der Waals surface area (Å²) in [4.78, 5) is 16.9. The van der Waals surface area contributed by atoms with E-state index in [2.05, 4.69) is 89.2 Å². The van der Waals surface area contributed by atoms with E-state index in [4.69, 9.17) is 9.97 Å². The van der Waals surface area contributed by atoms with Crippen LogP contribution >= 0.6 is 0 Å². The number of para-hydroxylation sites is 1. The van der Waals surface area contributed by atoms with Crippen LogP contribution in [0.15, 0.2) is 66.7 Å². The molecule has 5 heteroatoms. The summed E-state index contributed by atoms with van der Waals surface area (Å²) in [5.74, 6) is 1.84. The maximum atomic E-state index is 4.94. The van der Waals surface area contributed by atoms with Gasteiger partial charge in [-0.05, 0) is 26.0 Å². The van der Waals surface area contributed by atoms with Gasteiger partial charge in [0.25, 0.3) is 0 Å². The Morgan fingerprint density at radius 1 is 0.759 bits per heavy atom. The average molecular weight is 388 g/mol. The third-order valence-electron chi connectivity index (χ3n) is 5.54. The van der Waals surface area contributed by atoms with Crippen LogP contribution < -0.4 is 14.7 Å². The molecule has 29 heavy (non-hydrogen) atoms. The van der Waals surface area contributed by atoms with E-state index >= 15 is 0 Å². The fourth-order valence-corrected chi connectivity index (χ4v) is 3.82. The van der Waals surface area contributed by atoms with Crippen molar-refractivity contribution in [3.8, 4) is 11.3 Å². The van der Waals surface area contributed by atoms with E-state index < -0.39 is 0 Å². The Bertz CT molecular complexity index is 901. The number of nitrogens with zero attached hydrogens (tertiary/aromatic N) is 5. The van der Waals surface area contributed by atoms with Crippen molar-refractivity contribution >= 4 is 17.5 Å². The lowest BCUT2D eigenvalue weighted by Gasteiger charge is -2.37. The highest BCUT2D eigenvalue weighted by atomic mass is 15.3. The first-order valence-electron chi connectivity index (χ1n) is 10.5. The molecule has 4 rings (SSSR count). The van der Waals surface area contributed by atoms with Gasteiger partial charge in [-0.15, -0.1) is 0 Å². The van der Waals surface area contributed by atoms with Gasteiger partial charge in [0.05, 0.1) is 5.69 Å². The summed E-state index contributed by atoms with van der Waals surface area (Å²) in [5, 5.41) is 0. The van der Waals surface area contributed by atoms with Crippen LogP contribution in [0.4, 0.5) is 17.5 Å². The molecular formula is C24H29N5. The number of anilines is 3.